The Labute approximate surface area is 188 Å². The van der Waals surface area contributed by atoms with Crippen LogP contribution in [0.2, 0.25) is 0 Å². The van der Waals surface area contributed by atoms with Gasteiger partial charge < -0.3 is 10.2 Å². The van der Waals surface area contributed by atoms with Gasteiger partial charge in [-0.3, -0.25) is 4.79 Å². The molecule has 0 unspecified atom stereocenters. The standard InChI is InChI=1S/C27H26N4O/c1-18-10-14-23(15-11-18)31(4)26-24(17-28-25(30-26)21-8-6-5-7-9-21)27(32)29-22-13-12-19(2)20(3)16-22/h5-17H,1-4H3,(H,29,32). The third-order valence-electron chi connectivity index (χ3n) is 5.55. The second kappa shape index (κ2) is 9.02. The van der Waals surface area contributed by atoms with E-state index in [2.05, 4.69) is 10.3 Å². The van der Waals surface area contributed by atoms with Crippen molar-refractivity contribution in [2.24, 2.45) is 0 Å². The molecule has 0 bridgehead atoms. The third-order valence-corrected chi connectivity index (χ3v) is 5.55. The van der Waals surface area contributed by atoms with E-state index < -0.39 is 0 Å². The van der Waals surface area contributed by atoms with Crippen molar-refractivity contribution in [1.29, 1.82) is 0 Å². The first-order chi connectivity index (χ1) is 15.4. The Hall–Kier alpha value is -3.99. The van der Waals surface area contributed by atoms with Crippen molar-refractivity contribution in [2.75, 3.05) is 17.3 Å². The average molecular weight is 423 g/mol. The lowest BCUT2D eigenvalue weighted by atomic mass is 10.1. The van der Waals surface area contributed by atoms with Crippen LogP contribution in [0.1, 0.15) is 27.0 Å². The molecule has 3 aromatic carbocycles. The van der Waals surface area contributed by atoms with Gasteiger partial charge in [0, 0.05) is 30.2 Å². The Morgan fingerprint density at radius 2 is 1.59 bits per heavy atom. The molecule has 0 radical (unpaired) electrons. The number of hydrogen-bond acceptors (Lipinski definition) is 4. The topological polar surface area (TPSA) is 58.1 Å². The van der Waals surface area contributed by atoms with E-state index >= 15 is 0 Å². The molecule has 0 saturated heterocycles. The first-order valence-electron chi connectivity index (χ1n) is 10.5. The zero-order valence-corrected chi connectivity index (χ0v) is 18.8. The highest BCUT2D eigenvalue weighted by molar-refractivity contribution is 6.08. The van der Waals surface area contributed by atoms with Crippen LogP contribution in [-0.2, 0) is 0 Å². The molecule has 0 aliphatic heterocycles. The summed E-state index contributed by atoms with van der Waals surface area (Å²) in [6.07, 6.45) is 1.60. The molecule has 1 aromatic heterocycles. The van der Waals surface area contributed by atoms with Gasteiger partial charge in [0.05, 0.1) is 0 Å². The molecule has 0 fully saturated rings. The minimum absolute atomic E-state index is 0.248. The Bertz CT molecular complexity index is 1250. The van der Waals surface area contributed by atoms with Crippen LogP contribution in [-0.4, -0.2) is 22.9 Å². The highest BCUT2D eigenvalue weighted by atomic mass is 16.1. The molecule has 5 nitrogen and oxygen atoms in total. The summed E-state index contributed by atoms with van der Waals surface area (Å²) >= 11 is 0. The van der Waals surface area contributed by atoms with Gasteiger partial charge in [-0.05, 0) is 56.2 Å². The van der Waals surface area contributed by atoms with Crippen molar-refractivity contribution in [3.05, 3.63) is 101 Å². The predicted molar refractivity (Wildman–Crippen MR) is 131 cm³/mol. The summed E-state index contributed by atoms with van der Waals surface area (Å²) in [5.74, 6) is 0.869. The molecule has 1 N–H and O–H groups in total. The lowest BCUT2D eigenvalue weighted by Crippen LogP contribution is -2.21. The maximum Gasteiger partial charge on any atom is 0.261 e. The van der Waals surface area contributed by atoms with Gasteiger partial charge >= 0.3 is 0 Å². The highest BCUT2D eigenvalue weighted by Gasteiger charge is 2.20. The number of aromatic nitrogens is 2. The lowest BCUT2D eigenvalue weighted by molar-refractivity contribution is 0.102. The van der Waals surface area contributed by atoms with Crippen LogP contribution in [0.4, 0.5) is 17.2 Å². The van der Waals surface area contributed by atoms with E-state index in [0.717, 1.165) is 22.5 Å². The van der Waals surface area contributed by atoms with Crippen molar-refractivity contribution in [1.82, 2.24) is 9.97 Å². The molecule has 160 valence electrons. The van der Waals surface area contributed by atoms with E-state index in [1.54, 1.807) is 6.20 Å². The number of carbonyl (C=O) groups is 1. The molecule has 0 saturated carbocycles. The largest absolute Gasteiger partial charge is 0.329 e. The summed E-state index contributed by atoms with van der Waals surface area (Å²) in [7, 11) is 1.91. The number of nitrogens with one attached hydrogen (secondary N) is 1. The monoisotopic (exact) mass is 422 g/mol. The number of nitrogens with zero attached hydrogens (tertiary/aromatic N) is 3. The second-order valence-electron chi connectivity index (χ2n) is 7.94. The summed E-state index contributed by atoms with van der Waals surface area (Å²) in [6.45, 7) is 6.12. The van der Waals surface area contributed by atoms with Crippen LogP contribution in [0.3, 0.4) is 0 Å². The van der Waals surface area contributed by atoms with Crippen LogP contribution in [0.25, 0.3) is 11.4 Å². The zero-order valence-electron chi connectivity index (χ0n) is 18.8. The SMILES string of the molecule is Cc1ccc(N(C)c2nc(-c3ccccc3)ncc2C(=O)Nc2ccc(C)c(C)c2)cc1. The van der Waals surface area contributed by atoms with Gasteiger partial charge in [0.2, 0.25) is 0 Å². The van der Waals surface area contributed by atoms with Crippen molar-refractivity contribution in [3.8, 4) is 11.4 Å². The van der Waals surface area contributed by atoms with E-state index in [9.17, 15) is 4.79 Å². The van der Waals surface area contributed by atoms with Gasteiger partial charge in [-0.25, -0.2) is 9.97 Å². The Kier molecular flexibility index (Phi) is 5.99. The summed E-state index contributed by atoms with van der Waals surface area (Å²) in [5.41, 5.74) is 6.46. The van der Waals surface area contributed by atoms with Gasteiger partial charge in [0.15, 0.2) is 5.82 Å². The lowest BCUT2D eigenvalue weighted by Gasteiger charge is -2.22. The fourth-order valence-corrected chi connectivity index (χ4v) is 3.42. The second-order valence-corrected chi connectivity index (χ2v) is 7.94. The first-order valence-corrected chi connectivity index (χ1v) is 10.5. The number of benzene rings is 3. The number of amides is 1. The van der Waals surface area contributed by atoms with Gasteiger partial charge in [-0.1, -0.05) is 54.1 Å². The Morgan fingerprint density at radius 1 is 0.875 bits per heavy atom. The Morgan fingerprint density at radius 3 is 2.28 bits per heavy atom. The molecule has 0 aliphatic carbocycles. The molecule has 1 amide bonds. The molecule has 0 spiro atoms. The molecular formula is C27H26N4O. The van der Waals surface area contributed by atoms with Crippen LogP contribution in [0.5, 0.6) is 0 Å². The number of anilines is 3. The quantitative estimate of drug-likeness (QED) is 0.423. The molecule has 4 rings (SSSR count). The van der Waals surface area contributed by atoms with Crippen molar-refractivity contribution in [2.45, 2.75) is 20.8 Å². The molecule has 0 aliphatic rings. The minimum Gasteiger partial charge on any atom is -0.329 e. The third kappa shape index (κ3) is 4.52. The summed E-state index contributed by atoms with van der Waals surface area (Å²) < 4.78 is 0. The predicted octanol–water partition coefficient (Wildman–Crippen LogP) is 6.09. The van der Waals surface area contributed by atoms with Gasteiger partial charge in [-0.15, -0.1) is 0 Å². The first kappa shape index (κ1) is 21.2. The van der Waals surface area contributed by atoms with Crippen LogP contribution in [0.15, 0.2) is 79.0 Å². The number of hydrogen-bond donors (Lipinski definition) is 1. The fourth-order valence-electron chi connectivity index (χ4n) is 3.42. The van der Waals surface area contributed by atoms with Crippen molar-refractivity contribution >= 4 is 23.1 Å². The summed E-state index contributed by atoms with van der Waals surface area (Å²) in [4.78, 5) is 24.5. The maximum absolute atomic E-state index is 13.3. The summed E-state index contributed by atoms with van der Waals surface area (Å²) in [5, 5.41) is 3.00. The van der Waals surface area contributed by atoms with E-state index in [0.29, 0.717) is 17.2 Å². The van der Waals surface area contributed by atoms with Crippen molar-refractivity contribution in [3.63, 3.8) is 0 Å². The highest BCUT2D eigenvalue weighted by Crippen LogP contribution is 2.28. The number of carbonyl (C=O) groups excluding carboxylic acids is 1. The molecule has 4 aromatic rings. The summed E-state index contributed by atoms with van der Waals surface area (Å²) in [6, 6.07) is 23.8. The molecular weight excluding hydrogens is 396 g/mol. The van der Waals surface area contributed by atoms with E-state index in [4.69, 9.17) is 4.98 Å². The smallest absolute Gasteiger partial charge is 0.261 e. The van der Waals surface area contributed by atoms with E-state index in [1.165, 1.54) is 11.1 Å². The van der Waals surface area contributed by atoms with Crippen LogP contribution >= 0.6 is 0 Å². The molecule has 0 atom stereocenters. The van der Waals surface area contributed by atoms with Crippen LogP contribution in [0, 0.1) is 20.8 Å². The average Bonchev–Trinajstić information content (AvgIpc) is 2.81. The van der Waals surface area contributed by atoms with Gasteiger partial charge in [0.1, 0.15) is 11.4 Å². The Balaban J connectivity index is 1.75. The van der Waals surface area contributed by atoms with E-state index in [1.807, 2.05) is 106 Å². The maximum atomic E-state index is 13.3. The molecule has 5 heteroatoms. The van der Waals surface area contributed by atoms with Crippen LogP contribution < -0.4 is 10.2 Å². The number of rotatable bonds is 5. The zero-order chi connectivity index (χ0) is 22.7. The van der Waals surface area contributed by atoms with E-state index in [-0.39, 0.29) is 5.91 Å². The fraction of sp³-hybridized carbons (Fsp3) is 0.148. The molecule has 32 heavy (non-hydrogen) atoms. The van der Waals surface area contributed by atoms with Gasteiger partial charge in [0.25, 0.3) is 5.91 Å². The van der Waals surface area contributed by atoms with Gasteiger partial charge in [-0.2, -0.15) is 0 Å². The normalized spacial score (nSPS) is 10.6. The number of aryl methyl sites for hydroxylation is 3. The minimum atomic E-state index is -0.248. The molecule has 1 heterocycles. The van der Waals surface area contributed by atoms with Crippen molar-refractivity contribution < 1.29 is 4.79 Å².